The van der Waals surface area contributed by atoms with E-state index in [9.17, 15) is 4.79 Å². The summed E-state index contributed by atoms with van der Waals surface area (Å²) in [7, 11) is 0. The van der Waals surface area contributed by atoms with Crippen molar-refractivity contribution in [3.05, 3.63) is 0 Å². The molecular formula is C17H32O. The lowest BCUT2D eigenvalue weighted by Gasteiger charge is -2.11. The van der Waals surface area contributed by atoms with Crippen molar-refractivity contribution in [2.45, 2.75) is 96.8 Å². The van der Waals surface area contributed by atoms with E-state index in [1.165, 1.54) is 64.2 Å². The summed E-state index contributed by atoms with van der Waals surface area (Å²) in [6, 6.07) is 0. The molecule has 1 fully saturated rings. The molecule has 0 unspecified atom stereocenters. The van der Waals surface area contributed by atoms with Gasteiger partial charge in [0.1, 0.15) is 5.78 Å². The molecule has 0 aliphatic heterocycles. The normalized spacial score (nSPS) is 23.9. The third-order valence-corrected chi connectivity index (χ3v) is 4.31. The first-order valence-electron chi connectivity index (χ1n) is 8.31. The van der Waals surface area contributed by atoms with Gasteiger partial charge in [-0.05, 0) is 18.8 Å². The molecule has 0 saturated heterocycles. The van der Waals surface area contributed by atoms with Crippen LogP contribution < -0.4 is 0 Å². The Morgan fingerprint density at radius 3 is 1.56 bits per heavy atom. The van der Waals surface area contributed by atoms with Crippen LogP contribution in [-0.2, 0) is 4.79 Å². The first-order chi connectivity index (χ1) is 8.79. The number of carbonyl (C=O) groups is 1. The minimum atomic E-state index is 0.510. The molecule has 0 aromatic carbocycles. The van der Waals surface area contributed by atoms with Crippen molar-refractivity contribution >= 4 is 5.78 Å². The van der Waals surface area contributed by atoms with Crippen LogP contribution in [0.25, 0.3) is 0 Å². The third kappa shape index (κ3) is 8.72. The van der Waals surface area contributed by atoms with Gasteiger partial charge in [-0.2, -0.15) is 0 Å². The second kappa shape index (κ2) is 10.6. The average molecular weight is 252 g/mol. The standard InChI is InChI=1S/C17H32O/c1-16-12-8-4-2-6-10-14-17(18)15-11-7-3-5-9-13-16/h16H,2-15H2,1H3. The molecule has 0 N–H and O–H groups in total. The second-order valence-corrected chi connectivity index (χ2v) is 6.26. The molecule has 1 saturated carbocycles. The molecule has 1 rings (SSSR count). The Kier molecular flexibility index (Phi) is 9.24. The van der Waals surface area contributed by atoms with E-state index in [1.54, 1.807) is 0 Å². The Balaban J connectivity index is 2.19. The molecule has 0 atom stereocenters. The summed E-state index contributed by atoms with van der Waals surface area (Å²) in [4.78, 5) is 11.6. The fourth-order valence-electron chi connectivity index (χ4n) is 2.96. The van der Waals surface area contributed by atoms with Crippen LogP contribution in [0, 0.1) is 5.92 Å². The fraction of sp³-hybridized carbons (Fsp3) is 0.941. The summed E-state index contributed by atoms with van der Waals surface area (Å²) in [6.45, 7) is 2.42. The van der Waals surface area contributed by atoms with E-state index >= 15 is 0 Å². The maximum absolute atomic E-state index is 11.6. The van der Waals surface area contributed by atoms with Gasteiger partial charge in [0.05, 0.1) is 0 Å². The molecule has 1 aliphatic rings. The molecule has 0 aromatic heterocycles. The van der Waals surface area contributed by atoms with E-state index in [4.69, 9.17) is 0 Å². The average Bonchev–Trinajstić information content (AvgIpc) is 2.35. The molecule has 0 bridgehead atoms. The maximum atomic E-state index is 11.6. The predicted octanol–water partition coefficient (Wildman–Crippen LogP) is 5.67. The number of hydrogen-bond donors (Lipinski definition) is 0. The summed E-state index contributed by atoms with van der Waals surface area (Å²) in [5.74, 6) is 1.44. The van der Waals surface area contributed by atoms with Crippen LogP contribution in [0.15, 0.2) is 0 Å². The van der Waals surface area contributed by atoms with Gasteiger partial charge >= 0.3 is 0 Å². The van der Waals surface area contributed by atoms with Gasteiger partial charge in [0.2, 0.25) is 0 Å². The monoisotopic (exact) mass is 252 g/mol. The van der Waals surface area contributed by atoms with Crippen molar-refractivity contribution in [3.8, 4) is 0 Å². The second-order valence-electron chi connectivity index (χ2n) is 6.26. The highest BCUT2D eigenvalue weighted by molar-refractivity contribution is 5.78. The molecule has 0 aromatic rings. The zero-order chi connectivity index (χ0) is 13.1. The number of carbonyl (C=O) groups excluding carboxylic acids is 1. The minimum absolute atomic E-state index is 0.510. The first kappa shape index (κ1) is 15.7. The number of Topliss-reactive ketones (excluding diaryl/α,β-unsaturated/α-hetero) is 1. The van der Waals surface area contributed by atoms with Crippen LogP contribution in [-0.4, -0.2) is 5.78 Å². The molecule has 0 spiro atoms. The third-order valence-electron chi connectivity index (χ3n) is 4.31. The Morgan fingerprint density at radius 1 is 0.667 bits per heavy atom. The highest BCUT2D eigenvalue weighted by Gasteiger charge is 2.05. The Hall–Kier alpha value is -0.330. The van der Waals surface area contributed by atoms with Gasteiger partial charge in [-0.25, -0.2) is 0 Å². The van der Waals surface area contributed by atoms with Gasteiger partial charge in [-0.15, -0.1) is 0 Å². The molecule has 1 heteroatoms. The number of rotatable bonds is 0. The van der Waals surface area contributed by atoms with E-state index in [0.717, 1.165) is 31.6 Å². The van der Waals surface area contributed by atoms with Gasteiger partial charge in [0, 0.05) is 12.8 Å². The molecule has 106 valence electrons. The topological polar surface area (TPSA) is 17.1 Å². The quantitative estimate of drug-likeness (QED) is 0.543. The van der Waals surface area contributed by atoms with Crippen LogP contribution in [0.1, 0.15) is 96.8 Å². The van der Waals surface area contributed by atoms with Crippen molar-refractivity contribution < 1.29 is 4.79 Å². The predicted molar refractivity (Wildman–Crippen MR) is 78.8 cm³/mol. The van der Waals surface area contributed by atoms with E-state index in [-0.39, 0.29) is 0 Å². The molecule has 1 nitrogen and oxygen atoms in total. The lowest BCUT2D eigenvalue weighted by molar-refractivity contribution is -0.119. The molecule has 0 heterocycles. The largest absolute Gasteiger partial charge is 0.300 e. The zero-order valence-electron chi connectivity index (χ0n) is 12.4. The Bertz CT molecular complexity index is 190. The SMILES string of the molecule is CC1CCCCCCCC(=O)CCCCCCC1. The van der Waals surface area contributed by atoms with Crippen LogP contribution in [0.2, 0.25) is 0 Å². The van der Waals surface area contributed by atoms with Crippen LogP contribution >= 0.6 is 0 Å². The minimum Gasteiger partial charge on any atom is -0.300 e. The van der Waals surface area contributed by atoms with Crippen molar-refractivity contribution in [1.29, 1.82) is 0 Å². The van der Waals surface area contributed by atoms with Crippen molar-refractivity contribution in [1.82, 2.24) is 0 Å². The fourth-order valence-corrected chi connectivity index (χ4v) is 2.96. The lowest BCUT2D eigenvalue weighted by Crippen LogP contribution is -1.99. The summed E-state index contributed by atoms with van der Waals surface area (Å²) in [5, 5.41) is 0. The Morgan fingerprint density at radius 2 is 1.06 bits per heavy atom. The first-order valence-corrected chi connectivity index (χ1v) is 8.31. The highest BCUT2D eigenvalue weighted by atomic mass is 16.1. The zero-order valence-corrected chi connectivity index (χ0v) is 12.4. The van der Waals surface area contributed by atoms with E-state index in [0.29, 0.717) is 5.78 Å². The van der Waals surface area contributed by atoms with Crippen molar-refractivity contribution in [2.75, 3.05) is 0 Å². The van der Waals surface area contributed by atoms with Gasteiger partial charge in [-0.1, -0.05) is 71.1 Å². The molecule has 18 heavy (non-hydrogen) atoms. The molecular weight excluding hydrogens is 220 g/mol. The van der Waals surface area contributed by atoms with Gasteiger partial charge in [-0.3, -0.25) is 4.79 Å². The van der Waals surface area contributed by atoms with Crippen molar-refractivity contribution in [2.24, 2.45) is 5.92 Å². The summed E-state index contributed by atoms with van der Waals surface area (Å²) in [5.41, 5.74) is 0. The highest BCUT2D eigenvalue weighted by Crippen LogP contribution is 2.19. The molecule has 0 amide bonds. The van der Waals surface area contributed by atoms with Crippen LogP contribution in [0.4, 0.5) is 0 Å². The number of hydrogen-bond acceptors (Lipinski definition) is 1. The summed E-state index contributed by atoms with van der Waals surface area (Å²) >= 11 is 0. The maximum Gasteiger partial charge on any atom is 0.132 e. The summed E-state index contributed by atoms with van der Waals surface area (Å²) in [6.07, 6.45) is 17.5. The Labute approximate surface area is 114 Å². The molecule has 1 aliphatic carbocycles. The lowest BCUT2D eigenvalue weighted by atomic mass is 9.95. The van der Waals surface area contributed by atoms with Crippen molar-refractivity contribution in [3.63, 3.8) is 0 Å². The summed E-state index contributed by atoms with van der Waals surface area (Å²) < 4.78 is 0. The van der Waals surface area contributed by atoms with E-state index in [1.807, 2.05) is 0 Å². The van der Waals surface area contributed by atoms with E-state index < -0.39 is 0 Å². The van der Waals surface area contributed by atoms with Gasteiger partial charge in [0.25, 0.3) is 0 Å². The van der Waals surface area contributed by atoms with E-state index in [2.05, 4.69) is 6.92 Å². The van der Waals surface area contributed by atoms with Gasteiger partial charge < -0.3 is 0 Å². The smallest absolute Gasteiger partial charge is 0.132 e. The molecule has 0 radical (unpaired) electrons. The number of ketones is 1. The van der Waals surface area contributed by atoms with Gasteiger partial charge in [0.15, 0.2) is 0 Å². The van der Waals surface area contributed by atoms with Crippen LogP contribution in [0.3, 0.4) is 0 Å². The van der Waals surface area contributed by atoms with Crippen LogP contribution in [0.5, 0.6) is 0 Å².